The molecule has 0 aliphatic carbocycles. The second kappa shape index (κ2) is 21.0. The molecular weight excluding hydrogens is 747 g/mol. The fourth-order valence-electron chi connectivity index (χ4n) is 6.16. The molecule has 3 rings (SSSR count). The van der Waals surface area contributed by atoms with Crippen LogP contribution < -0.4 is 32.7 Å². The molecule has 3 atom stereocenters. The van der Waals surface area contributed by atoms with Crippen LogP contribution in [0.25, 0.3) is 0 Å². The maximum Gasteiger partial charge on any atom is 0.407 e. The lowest BCUT2D eigenvalue weighted by Crippen LogP contribution is -2.52. The Hall–Kier alpha value is -5.87. The molecule has 0 saturated heterocycles. The van der Waals surface area contributed by atoms with Gasteiger partial charge in [0, 0.05) is 25.9 Å². The standard InChI is InChI=1S/C41H61N9O8/c1-24-20-28(51)21-25(2)29(24)23-31(48-35(53)32(56-38(44)54)13-11-19-45-37(42)43)34(52)47-30(12-9-10-18-46-39(55)57-41(6,7)8)36-49-33(50-58-36)22-26-14-16-27(17-15-26)40(3,4)5/h14-17,20-21,30-32,51H,9-13,18-19,22-23H2,1-8H3,(H2,44,54)(H,46,55)(H,47,52)(H,48,53)(H4,42,43,45)/t30-,31-,32+/m0/s1. The van der Waals surface area contributed by atoms with E-state index in [1.54, 1.807) is 46.8 Å². The SMILES string of the molecule is Cc1cc(O)cc(C)c1C[C@H](NC(=O)[C@@H](CCCNC(=N)N)OC(N)=O)C(=O)N[C@@H](CCCCNC(=O)OC(C)(C)C)c1nc(Cc2ccc(C(C)(C)C)cc2)no1. The van der Waals surface area contributed by atoms with E-state index in [1.165, 1.54) is 5.56 Å². The van der Waals surface area contributed by atoms with Gasteiger partial charge in [-0.05, 0) is 112 Å². The number of aryl methyl sites for hydroxylation is 2. The number of carbonyl (C=O) groups excluding carboxylic acids is 4. The molecule has 4 amide bonds. The quantitative estimate of drug-likeness (QED) is 0.0470. The van der Waals surface area contributed by atoms with Gasteiger partial charge in [0.15, 0.2) is 17.9 Å². The number of nitrogens with zero attached hydrogens (tertiary/aromatic N) is 2. The number of nitrogens with one attached hydrogen (secondary N) is 5. The largest absolute Gasteiger partial charge is 0.508 e. The van der Waals surface area contributed by atoms with Crippen LogP contribution in [-0.4, -0.2) is 76.0 Å². The summed E-state index contributed by atoms with van der Waals surface area (Å²) in [6, 6.07) is 9.29. The lowest BCUT2D eigenvalue weighted by atomic mass is 9.86. The third-order valence-corrected chi connectivity index (χ3v) is 9.10. The van der Waals surface area contributed by atoms with E-state index in [9.17, 15) is 24.3 Å². The number of hydrogen-bond acceptors (Lipinski definition) is 11. The third kappa shape index (κ3) is 15.9. The number of unbranched alkanes of at least 4 members (excludes halogenated alkanes) is 1. The molecule has 58 heavy (non-hydrogen) atoms. The molecular formula is C41H61N9O8. The zero-order valence-corrected chi connectivity index (χ0v) is 34.9. The first-order valence-corrected chi connectivity index (χ1v) is 19.4. The second-order valence-corrected chi connectivity index (χ2v) is 16.4. The molecule has 318 valence electrons. The Morgan fingerprint density at radius 3 is 2.10 bits per heavy atom. The Bertz CT molecular complexity index is 1840. The zero-order valence-electron chi connectivity index (χ0n) is 34.9. The predicted molar refractivity (Wildman–Crippen MR) is 218 cm³/mol. The molecule has 0 spiro atoms. The molecule has 2 aromatic carbocycles. The van der Waals surface area contributed by atoms with Crippen molar-refractivity contribution in [2.75, 3.05) is 13.1 Å². The zero-order chi connectivity index (χ0) is 43.2. The van der Waals surface area contributed by atoms with Gasteiger partial charge in [-0.2, -0.15) is 4.98 Å². The average Bonchev–Trinajstić information content (AvgIpc) is 3.56. The molecule has 0 bridgehead atoms. The van der Waals surface area contributed by atoms with Crippen molar-refractivity contribution in [3.63, 3.8) is 0 Å². The Labute approximate surface area is 340 Å². The van der Waals surface area contributed by atoms with E-state index in [0.717, 1.165) is 5.56 Å². The topological polar surface area (TPSA) is 270 Å². The van der Waals surface area contributed by atoms with Gasteiger partial charge in [-0.25, -0.2) is 9.59 Å². The maximum atomic E-state index is 14.3. The molecule has 0 unspecified atom stereocenters. The minimum absolute atomic E-state index is 0.00770. The molecule has 17 heteroatoms. The Balaban J connectivity index is 1.90. The predicted octanol–water partition coefficient (Wildman–Crippen LogP) is 4.59. The van der Waals surface area contributed by atoms with Gasteiger partial charge in [-0.1, -0.05) is 50.2 Å². The van der Waals surface area contributed by atoms with Crippen molar-refractivity contribution in [3.05, 3.63) is 75.9 Å². The van der Waals surface area contributed by atoms with Crippen molar-refractivity contribution in [2.45, 2.75) is 130 Å². The minimum Gasteiger partial charge on any atom is -0.508 e. The molecule has 0 saturated carbocycles. The van der Waals surface area contributed by atoms with E-state index in [1.807, 2.05) is 12.1 Å². The van der Waals surface area contributed by atoms with Crippen LogP contribution in [0.3, 0.4) is 0 Å². The van der Waals surface area contributed by atoms with Crippen LogP contribution in [0.4, 0.5) is 9.59 Å². The smallest absolute Gasteiger partial charge is 0.407 e. The molecule has 1 aromatic heterocycles. The normalized spacial score (nSPS) is 13.1. The van der Waals surface area contributed by atoms with Gasteiger partial charge in [-0.15, -0.1) is 0 Å². The van der Waals surface area contributed by atoms with Crippen LogP contribution in [0.5, 0.6) is 5.75 Å². The molecule has 10 N–H and O–H groups in total. The van der Waals surface area contributed by atoms with Gasteiger partial charge in [0.2, 0.25) is 11.8 Å². The highest BCUT2D eigenvalue weighted by molar-refractivity contribution is 5.90. The number of amides is 4. The van der Waals surface area contributed by atoms with Gasteiger partial charge < -0.3 is 51.8 Å². The Morgan fingerprint density at radius 2 is 1.52 bits per heavy atom. The van der Waals surface area contributed by atoms with Crippen LogP contribution in [0, 0.1) is 19.3 Å². The number of carbonyl (C=O) groups is 4. The maximum absolute atomic E-state index is 14.3. The number of benzene rings is 2. The van der Waals surface area contributed by atoms with E-state index < -0.39 is 47.8 Å². The first kappa shape index (κ1) is 46.5. The molecule has 0 radical (unpaired) electrons. The van der Waals surface area contributed by atoms with Crippen LogP contribution in [0.2, 0.25) is 0 Å². The lowest BCUT2D eigenvalue weighted by Gasteiger charge is -2.25. The van der Waals surface area contributed by atoms with E-state index in [2.05, 4.69) is 64.3 Å². The van der Waals surface area contributed by atoms with Gasteiger partial charge >= 0.3 is 12.2 Å². The summed E-state index contributed by atoms with van der Waals surface area (Å²) in [5, 5.41) is 32.9. The summed E-state index contributed by atoms with van der Waals surface area (Å²) in [6.07, 6.45) is -0.997. The molecule has 17 nitrogen and oxygen atoms in total. The molecule has 0 aliphatic rings. The van der Waals surface area contributed by atoms with Crippen LogP contribution in [0.15, 0.2) is 40.9 Å². The van der Waals surface area contributed by atoms with Crippen molar-refractivity contribution in [3.8, 4) is 5.75 Å². The fraction of sp³-hybridized carbons (Fsp3) is 0.537. The summed E-state index contributed by atoms with van der Waals surface area (Å²) < 4.78 is 16.2. The summed E-state index contributed by atoms with van der Waals surface area (Å²) >= 11 is 0. The summed E-state index contributed by atoms with van der Waals surface area (Å²) in [5.74, 6) is -0.995. The number of rotatable bonds is 19. The van der Waals surface area contributed by atoms with E-state index in [-0.39, 0.29) is 48.8 Å². The Kier molecular flexibility index (Phi) is 16.9. The molecule has 1 heterocycles. The monoisotopic (exact) mass is 807 g/mol. The van der Waals surface area contributed by atoms with E-state index in [0.29, 0.717) is 54.7 Å². The average molecular weight is 808 g/mol. The molecule has 3 aromatic rings. The fourth-order valence-corrected chi connectivity index (χ4v) is 6.16. The summed E-state index contributed by atoms with van der Waals surface area (Å²) in [7, 11) is 0. The Morgan fingerprint density at radius 1 is 0.879 bits per heavy atom. The summed E-state index contributed by atoms with van der Waals surface area (Å²) in [5.41, 5.74) is 14.3. The number of phenols is 1. The van der Waals surface area contributed by atoms with Crippen molar-refractivity contribution in [1.29, 1.82) is 5.41 Å². The molecule has 0 fully saturated rings. The van der Waals surface area contributed by atoms with Crippen LogP contribution >= 0.6 is 0 Å². The van der Waals surface area contributed by atoms with E-state index in [4.69, 9.17) is 30.9 Å². The number of hydrogen-bond donors (Lipinski definition) is 8. The van der Waals surface area contributed by atoms with E-state index >= 15 is 0 Å². The number of primary amides is 1. The number of phenolic OH excluding ortho intramolecular Hbond substituents is 1. The summed E-state index contributed by atoms with van der Waals surface area (Å²) in [6.45, 7) is 15.9. The number of nitrogens with two attached hydrogens (primary N) is 2. The van der Waals surface area contributed by atoms with Gasteiger partial charge in [0.1, 0.15) is 23.4 Å². The van der Waals surface area contributed by atoms with Gasteiger partial charge in [0.05, 0.1) is 0 Å². The third-order valence-electron chi connectivity index (χ3n) is 9.10. The minimum atomic E-state index is -1.35. The number of ether oxygens (including phenoxy) is 2. The van der Waals surface area contributed by atoms with Crippen molar-refractivity contribution in [2.24, 2.45) is 11.5 Å². The first-order chi connectivity index (χ1) is 27.1. The number of aromatic nitrogens is 2. The highest BCUT2D eigenvalue weighted by Crippen LogP contribution is 2.25. The van der Waals surface area contributed by atoms with Crippen LogP contribution in [0.1, 0.15) is 119 Å². The van der Waals surface area contributed by atoms with Crippen molar-refractivity contribution in [1.82, 2.24) is 31.4 Å². The molecule has 0 aliphatic heterocycles. The van der Waals surface area contributed by atoms with Crippen molar-refractivity contribution >= 4 is 30.0 Å². The lowest BCUT2D eigenvalue weighted by molar-refractivity contribution is -0.134. The van der Waals surface area contributed by atoms with Crippen molar-refractivity contribution < 1.29 is 38.3 Å². The number of aromatic hydroxyl groups is 1. The highest BCUT2D eigenvalue weighted by Gasteiger charge is 2.31. The second-order valence-electron chi connectivity index (χ2n) is 16.4. The first-order valence-electron chi connectivity index (χ1n) is 19.4. The van der Waals surface area contributed by atoms with Crippen LogP contribution in [-0.2, 0) is 37.3 Å². The number of alkyl carbamates (subject to hydrolysis) is 1. The van der Waals surface area contributed by atoms with Gasteiger partial charge in [0.25, 0.3) is 5.91 Å². The highest BCUT2D eigenvalue weighted by atomic mass is 16.6. The van der Waals surface area contributed by atoms with Gasteiger partial charge in [-0.3, -0.25) is 15.0 Å². The summed E-state index contributed by atoms with van der Waals surface area (Å²) in [4.78, 5) is 56.7. The number of guanidine groups is 1.